The Morgan fingerprint density at radius 2 is 2.10 bits per heavy atom. The summed E-state index contributed by atoms with van der Waals surface area (Å²) in [6.45, 7) is 0. The number of aromatic nitrogens is 1. The van der Waals surface area contributed by atoms with Gasteiger partial charge in [-0.3, -0.25) is 4.79 Å². The van der Waals surface area contributed by atoms with Gasteiger partial charge < -0.3 is 5.32 Å². The van der Waals surface area contributed by atoms with Crippen LogP contribution in [0.25, 0.3) is 0 Å². The number of sulfonamides is 1. The molecule has 6 nitrogen and oxygen atoms in total. The average molecular weight is 311 g/mol. The Hall–Kier alpha value is -1.77. The molecule has 20 heavy (non-hydrogen) atoms. The van der Waals surface area contributed by atoms with Gasteiger partial charge in [0.25, 0.3) is 5.91 Å². The van der Waals surface area contributed by atoms with E-state index in [1.54, 1.807) is 23.0 Å². The first-order chi connectivity index (χ1) is 9.41. The maximum atomic E-state index is 12.0. The van der Waals surface area contributed by atoms with Crippen LogP contribution in [0.2, 0.25) is 0 Å². The summed E-state index contributed by atoms with van der Waals surface area (Å²) in [7, 11) is -0.612. The van der Waals surface area contributed by atoms with Crippen LogP contribution in [0.5, 0.6) is 0 Å². The molecule has 0 spiro atoms. The fraction of sp³-hybridized carbons (Fsp3) is 0.167. The topological polar surface area (TPSA) is 79.4 Å². The molecule has 1 aromatic heterocycles. The number of thiazole rings is 1. The first kappa shape index (κ1) is 14.6. The molecule has 0 atom stereocenters. The lowest BCUT2D eigenvalue weighted by Crippen LogP contribution is -2.22. The number of carbonyl (C=O) groups excluding carboxylic acids is 1. The van der Waals surface area contributed by atoms with Crippen molar-refractivity contribution in [3.05, 3.63) is 40.8 Å². The number of anilines is 1. The summed E-state index contributed by atoms with van der Waals surface area (Å²) in [5, 5.41) is 4.24. The first-order valence-corrected chi connectivity index (χ1v) is 8.01. The van der Waals surface area contributed by atoms with E-state index >= 15 is 0 Å². The molecule has 0 aliphatic rings. The summed E-state index contributed by atoms with van der Waals surface area (Å²) in [6.07, 6.45) is 0. The van der Waals surface area contributed by atoms with E-state index in [0.717, 1.165) is 4.31 Å². The molecule has 1 amide bonds. The summed E-state index contributed by atoms with van der Waals surface area (Å²) in [4.78, 5) is 15.9. The summed E-state index contributed by atoms with van der Waals surface area (Å²) >= 11 is 1.32. The summed E-state index contributed by atoms with van der Waals surface area (Å²) < 4.78 is 25.1. The van der Waals surface area contributed by atoms with Crippen LogP contribution in [0, 0.1) is 0 Å². The van der Waals surface area contributed by atoms with Gasteiger partial charge in [0.1, 0.15) is 5.69 Å². The van der Waals surface area contributed by atoms with E-state index in [0.29, 0.717) is 11.4 Å². The van der Waals surface area contributed by atoms with Gasteiger partial charge in [0.2, 0.25) is 10.0 Å². The van der Waals surface area contributed by atoms with Gasteiger partial charge in [-0.15, -0.1) is 11.3 Å². The highest BCUT2D eigenvalue weighted by molar-refractivity contribution is 7.89. The van der Waals surface area contributed by atoms with Crippen LogP contribution in [0.4, 0.5) is 5.69 Å². The van der Waals surface area contributed by atoms with Crippen molar-refractivity contribution in [3.63, 3.8) is 0 Å². The largest absolute Gasteiger partial charge is 0.321 e. The van der Waals surface area contributed by atoms with Crippen molar-refractivity contribution in [2.24, 2.45) is 0 Å². The van der Waals surface area contributed by atoms with E-state index in [-0.39, 0.29) is 10.8 Å². The fourth-order valence-corrected chi connectivity index (χ4v) is 2.95. The molecule has 0 bridgehead atoms. The second-order valence-electron chi connectivity index (χ2n) is 4.14. The summed E-state index contributed by atoms with van der Waals surface area (Å²) in [6, 6.07) is 6.10. The van der Waals surface area contributed by atoms with E-state index in [1.165, 1.54) is 37.6 Å². The smallest absolute Gasteiger partial charge is 0.275 e. The second-order valence-corrected chi connectivity index (χ2v) is 7.01. The highest BCUT2D eigenvalue weighted by Gasteiger charge is 2.17. The Morgan fingerprint density at radius 3 is 2.70 bits per heavy atom. The van der Waals surface area contributed by atoms with Crippen LogP contribution < -0.4 is 5.32 Å². The number of amides is 1. The van der Waals surface area contributed by atoms with Crippen LogP contribution in [-0.2, 0) is 10.0 Å². The van der Waals surface area contributed by atoms with Crippen LogP contribution in [0.1, 0.15) is 10.5 Å². The third-order valence-corrected chi connectivity index (χ3v) is 4.93. The number of carbonyl (C=O) groups is 1. The molecule has 2 rings (SSSR count). The van der Waals surface area contributed by atoms with Gasteiger partial charge in [0, 0.05) is 25.2 Å². The van der Waals surface area contributed by atoms with Gasteiger partial charge in [-0.05, 0) is 18.2 Å². The van der Waals surface area contributed by atoms with Crippen LogP contribution in [-0.4, -0.2) is 37.7 Å². The average Bonchev–Trinajstić information content (AvgIpc) is 2.92. The predicted molar refractivity (Wildman–Crippen MR) is 77.4 cm³/mol. The highest BCUT2D eigenvalue weighted by Crippen LogP contribution is 2.18. The monoisotopic (exact) mass is 311 g/mol. The van der Waals surface area contributed by atoms with Crippen molar-refractivity contribution in [3.8, 4) is 0 Å². The van der Waals surface area contributed by atoms with Gasteiger partial charge in [0.15, 0.2) is 0 Å². The molecule has 0 aliphatic carbocycles. The van der Waals surface area contributed by atoms with Gasteiger partial charge in [-0.2, -0.15) is 0 Å². The summed E-state index contributed by atoms with van der Waals surface area (Å²) in [5.41, 5.74) is 2.27. The van der Waals surface area contributed by atoms with Crippen molar-refractivity contribution in [1.29, 1.82) is 0 Å². The quantitative estimate of drug-likeness (QED) is 0.931. The zero-order chi connectivity index (χ0) is 14.8. The minimum atomic E-state index is -3.52. The molecule has 8 heteroatoms. The Bertz CT molecular complexity index is 709. The first-order valence-electron chi connectivity index (χ1n) is 5.63. The molecular weight excluding hydrogens is 298 g/mol. The summed E-state index contributed by atoms with van der Waals surface area (Å²) in [5.74, 6) is -0.370. The minimum Gasteiger partial charge on any atom is -0.321 e. The SMILES string of the molecule is CN(C)S(=O)(=O)c1cccc(NC(=O)c2cscn2)c1. The van der Waals surface area contributed by atoms with E-state index in [4.69, 9.17) is 0 Å². The molecule has 0 unspecified atom stereocenters. The predicted octanol–water partition coefficient (Wildman–Crippen LogP) is 1.65. The standard InChI is InChI=1S/C12H13N3O3S2/c1-15(2)20(17,18)10-5-3-4-9(6-10)14-12(16)11-7-19-8-13-11/h3-8H,1-2H3,(H,14,16). The van der Waals surface area contributed by atoms with Gasteiger partial charge in [0.05, 0.1) is 10.4 Å². The molecular formula is C12H13N3O3S2. The molecule has 0 saturated carbocycles. The zero-order valence-electron chi connectivity index (χ0n) is 10.9. The number of hydrogen-bond donors (Lipinski definition) is 1. The number of hydrogen-bond acceptors (Lipinski definition) is 5. The van der Waals surface area contributed by atoms with Crippen LogP contribution >= 0.6 is 11.3 Å². The normalized spacial score (nSPS) is 11.6. The van der Waals surface area contributed by atoms with E-state index in [2.05, 4.69) is 10.3 Å². The maximum Gasteiger partial charge on any atom is 0.275 e. The third-order valence-electron chi connectivity index (χ3n) is 2.54. The molecule has 1 heterocycles. The molecule has 1 N–H and O–H groups in total. The van der Waals surface area contributed by atoms with E-state index in [1.807, 2.05) is 0 Å². The third kappa shape index (κ3) is 3.03. The van der Waals surface area contributed by atoms with Crippen molar-refractivity contribution in [2.45, 2.75) is 4.90 Å². The lowest BCUT2D eigenvalue weighted by atomic mass is 10.3. The second kappa shape index (κ2) is 5.70. The molecule has 0 aliphatic heterocycles. The molecule has 0 saturated heterocycles. The van der Waals surface area contributed by atoms with Crippen molar-refractivity contribution < 1.29 is 13.2 Å². The lowest BCUT2D eigenvalue weighted by Gasteiger charge is -2.12. The zero-order valence-corrected chi connectivity index (χ0v) is 12.5. The lowest BCUT2D eigenvalue weighted by molar-refractivity contribution is 0.102. The Morgan fingerprint density at radius 1 is 1.35 bits per heavy atom. The molecule has 106 valence electrons. The number of nitrogens with one attached hydrogen (secondary N) is 1. The number of nitrogens with zero attached hydrogens (tertiary/aromatic N) is 2. The van der Waals surface area contributed by atoms with Crippen LogP contribution in [0.15, 0.2) is 40.1 Å². The van der Waals surface area contributed by atoms with Gasteiger partial charge >= 0.3 is 0 Å². The maximum absolute atomic E-state index is 12.0. The molecule has 0 radical (unpaired) electrons. The van der Waals surface area contributed by atoms with Crippen molar-refractivity contribution in [2.75, 3.05) is 19.4 Å². The fourth-order valence-electron chi connectivity index (χ4n) is 1.46. The van der Waals surface area contributed by atoms with Crippen molar-refractivity contribution in [1.82, 2.24) is 9.29 Å². The Labute approximate surface area is 121 Å². The Kier molecular flexibility index (Phi) is 4.17. The molecule has 1 aromatic carbocycles. The van der Waals surface area contributed by atoms with Crippen LogP contribution in [0.3, 0.4) is 0 Å². The number of rotatable bonds is 4. The van der Waals surface area contributed by atoms with E-state index < -0.39 is 10.0 Å². The minimum absolute atomic E-state index is 0.124. The Balaban J connectivity index is 2.25. The number of benzene rings is 1. The van der Waals surface area contributed by atoms with Gasteiger partial charge in [-0.1, -0.05) is 6.07 Å². The van der Waals surface area contributed by atoms with Crippen molar-refractivity contribution >= 4 is 33.0 Å². The van der Waals surface area contributed by atoms with Gasteiger partial charge in [-0.25, -0.2) is 17.7 Å². The highest BCUT2D eigenvalue weighted by atomic mass is 32.2. The van der Waals surface area contributed by atoms with E-state index in [9.17, 15) is 13.2 Å². The molecule has 0 fully saturated rings. The molecule has 2 aromatic rings.